The molecule has 0 spiro atoms. The van der Waals surface area contributed by atoms with E-state index in [1.807, 2.05) is 42.5 Å². The van der Waals surface area contributed by atoms with Gasteiger partial charge in [-0.1, -0.05) is 63.2 Å². The SMILES string of the molecule is CCOC(=O)[C@H](Sc1nnc(-c2ccc(C(C)(C)C)cc2)o1)c1ccccc1. The van der Waals surface area contributed by atoms with Gasteiger partial charge in [0, 0.05) is 5.56 Å². The van der Waals surface area contributed by atoms with E-state index in [1.54, 1.807) is 6.92 Å². The van der Waals surface area contributed by atoms with Crippen LogP contribution in [0.15, 0.2) is 64.2 Å². The van der Waals surface area contributed by atoms with E-state index < -0.39 is 5.25 Å². The Morgan fingerprint density at radius 2 is 1.75 bits per heavy atom. The van der Waals surface area contributed by atoms with Crippen LogP contribution in [0.5, 0.6) is 0 Å². The van der Waals surface area contributed by atoms with Gasteiger partial charge in [-0.15, -0.1) is 10.2 Å². The highest BCUT2D eigenvalue weighted by atomic mass is 32.2. The molecule has 0 aliphatic carbocycles. The Balaban J connectivity index is 1.81. The van der Waals surface area contributed by atoms with Gasteiger partial charge < -0.3 is 9.15 Å². The predicted octanol–water partition coefficient (Wildman–Crippen LogP) is 5.43. The van der Waals surface area contributed by atoms with Crippen molar-refractivity contribution in [2.75, 3.05) is 6.61 Å². The van der Waals surface area contributed by atoms with Crippen LogP contribution in [-0.2, 0) is 14.9 Å². The van der Waals surface area contributed by atoms with E-state index >= 15 is 0 Å². The van der Waals surface area contributed by atoms with Crippen LogP contribution in [0.2, 0.25) is 0 Å². The van der Waals surface area contributed by atoms with Crippen molar-refractivity contribution in [3.8, 4) is 11.5 Å². The summed E-state index contributed by atoms with van der Waals surface area (Å²) in [4.78, 5) is 12.4. The molecule has 0 bridgehead atoms. The predicted molar refractivity (Wildman–Crippen MR) is 110 cm³/mol. The minimum atomic E-state index is -0.558. The third kappa shape index (κ3) is 4.81. The van der Waals surface area contributed by atoms with Gasteiger partial charge in [-0.3, -0.25) is 4.79 Å². The molecule has 2 aromatic carbocycles. The number of aromatic nitrogens is 2. The lowest BCUT2D eigenvalue weighted by Crippen LogP contribution is -2.13. The minimum Gasteiger partial charge on any atom is -0.465 e. The molecule has 146 valence electrons. The third-order valence-electron chi connectivity index (χ3n) is 4.23. The number of hydrogen-bond acceptors (Lipinski definition) is 6. The molecule has 0 fully saturated rings. The van der Waals surface area contributed by atoms with Gasteiger partial charge >= 0.3 is 5.97 Å². The molecular formula is C22H24N2O3S. The van der Waals surface area contributed by atoms with E-state index in [-0.39, 0.29) is 11.4 Å². The average Bonchev–Trinajstić information content (AvgIpc) is 3.15. The lowest BCUT2D eigenvalue weighted by atomic mass is 9.87. The smallest absolute Gasteiger partial charge is 0.324 e. The number of hydrogen-bond donors (Lipinski definition) is 0. The van der Waals surface area contributed by atoms with Gasteiger partial charge in [-0.05, 0) is 47.4 Å². The fourth-order valence-electron chi connectivity index (χ4n) is 2.69. The number of ether oxygens (including phenoxy) is 1. The first kappa shape index (κ1) is 20.1. The van der Waals surface area contributed by atoms with Crippen LogP contribution in [-0.4, -0.2) is 22.8 Å². The molecule has 3 rings (SSSR count). The first-order valence-electron chi connectivity index (χ1n) is 9.21. The van der Waals surface area contributed by atoms with Crippen LogP contribution in [0.1, 0.15) is 44.1 Å². The maximum absolute atomic E-state index is 12.4. The molecule has 1 aromatic heterocycles. The largest absolute Gasteiger partial charge is 0.465 e. The number of thioether (sulfide) groups is 1. The van der Waals surface area contributed by atoms with Gasteiger partial charge in [0.15, 0.2) is 0 Å². The molecule has 0 aliphatic heterocycles. The van der Waals surface area contributed by atoms with Crippen molar-refractivity contribution in [3.63, 3.8) is 0 Å². The normalized spacial score (nSPS) is 12.6. The summed E-state index contributed by atoms with van der Waals surface area (Å²) in [5, 5.41) is 8.02. The molecule has 0 amide bonds. The van der Waals surface area contributed by atoms with E-state index in [2.05, 4.69) is 43.1 Å². The summed E-state index contributed by atoms with van der Waals surface area (Å²) in [7, 11) is 0. The van der Waals surface area contributed by atoms with Gasteiger partial charge in [-0.2, -0.15) is 0 Å². The summed E-state index contributed by atoms with van der Waals surface area (Å²) in [6, 6.07) is 17.5. The number of esters is 1. The molecular weight excluding hydrogens is 372 g/mol. The maximum Gasteiger partial charge on any atom is 0.324 e. The zero-order valence-corrected chi connectivity index (χ0v) is 17.3. The van der Waals surface area contributed by atoms with E-state index in [9.17, 15) is 4.79 Å². The Kier molecular flexibility index (Phi) is 6.19. The van der Waals surface area contributed by atoms with Gasteiger partial charge in [0.05, 0.1) is 6.61 Å². The number of nitrogens with zero attached hydrogens (tertiary/aromatic N) is 2. The van der Waals surface area contributed by atoms with Gasteiger partial charge in [0.25, 0.3) is 5.22 Å². The standard InChI is InChI=1S/C22H24N2O3S/c1-5-26-20(25)18(15-9-7-6-8-10-15)28-21-24-23-19(27-21)16-11-13-17(14-12-16)22(2,3)4/h6-14,18H,5H2,1-4H3/t18-/m1/s1. The number of rotatable bonds is 6. The van der Waals surface area contributed by atoms with Crippen LogP contribution < -0.4 is 0 Å². The van der Waals surface area contributed by atoms with Crippen molar-refractivity contribution >= 4 is 17.7 Å². The van der Waals surface area contributed by atoms with Crippen molar-refractivity contribution in [3.05, 3.63) is 65.7 Å². The maximum atomic E-state index is 12.4. The molecule has 28 heavy (non-hydrogen) atoms. The highest BCUT2D eigenvalue weighted by molar-refractivity contribution is 8.00. The average molecular weight is 397 g/mol. The third-order valence-corrected chi connectivity index (χ3v) is 5.29. The van der Waals surface area contributed by atoms with E-state index in [0.717, 1.165) is 11.1 Å². The Bertz CT molecular complexity index is 915. The number of carbonyl (C=O) groups is 1. The van der Waals surface area contributed by atoms with Gasteiger partial charge in [0.2, 0.25) is 5.89 Å². The summed E-state index contributed by atoms with van der Waals surface area (Å²) in [6.45, 7) is 8.61. The Morgan fingerprint density at radius 3 is 2.36 bits per heavy atom. The molecule has 6 heteroatoms. The molecule has 0 unspecified atom stereocenters. The van der Waals surface area contributed by atoms with Gasteiger partial charge in [0.1, 0.15) is 5.25 Å². The molecule has 0 aliphatic rings. The second kappa shape index (κ2) is 8.61. The molecule has 1 heterocycles. The molecule has 5 nitrogen and oxygen atoms in total. The molecule has 0 N–H and O–H groups in total. The summed E-state index contributed by atoms with van der Waals surface area (Å²) in [6.07, 6.45) is 0. The quantitative estimate of drug-likeness (QED) is 0.409. The van der Waals surface area contributed by atoms with Crippen LogP contribution in [0.3, 0.4) is 0 Å². The van der Waals surface area contributed by atoms with E-state index in [0.29, 0.717) is 17.7 Å². The number of carbonyl (C=O) groups excluding carboxylic acids is 1. The monoisotopic (exact) mass is 396 g/mol. The van der Waals surface area contributed by atoms with Crippen molar-refractivity contribution in [1.82, 2.24) is 10.2 Å². The van der Waals surface area contributed by atoms with E-state index in [1.165, 1.54) is 17.3 Å². The minimum absolute atomic E-state index is 0.0803. The first-order chi connectivity index (χ1) is 13.4. The Morgan fingerprint density at radius 1 is 1.07 bits per heavy atom. The van der Waals surface area contributed by atoms with Crippen LogP contribution in [0, 0.1) is 0 Å². The summed E-state index contributed by atoms with van der Waals surface area (Å²) < 4.78 is 11.0. The Labute approximate surface area is 169 Å². The van der Waals surface area contributed by atoms with Crippen LogP contribution in [0.25, 0.3) is 11.5 Å². The van der Waals surface area contributed by atoms with Crippen LogP contribution >= 0.6 is 11.8 Å². The zero-order valence-electron chi connectivity index (χ0n) is 16.5. The van der Waals surface area contributed by atoms with Crippen molar-refractivity contribution in [2.24, 2.45) is 0 Å². The van der Waals surface area contributed by atoms with Crippen molar-refractivity contribution < 1.29 is 13.9 Å². The topological polar surface area (TPSA) is 65.2 Å². The fourth-order valence-corrected chi connectivity index (χ4v) is 3.56. The van der Waals surface area contributed by atoms with Crippen LogP contribution in [0.4, 0.5) is 0 Å². The second-order valence-electron chi connectivity index (χ2n) is 7.36. The second-order valence-corrected chi connectivity index (χ2v) is 8.42. The molecule has 0 radical (unpaired) electrons. The van der Waals surface area contributed by atoms with Crippen molar-refractivity contribution in [1.29, 1.82) is 0 Å². The lowest BCUT2D eigenvalue weighted by Gasteiger charge is -2.18. The first-order valence-corrected chi connectivity index (χ1v) is 10.1. The highest BCUT2D eigenvalue weighted by Gasteiger charge is 2.26. The molecule has 0 saturated carbocycles. The summed E-state index contributed by atoms with van der Waals surface area (Å²) in [5.74, 6) is 0.103. The van der Waals surface area contributed by atoms with Gasteiger partial charge in [-0.25, -0.2) is 0 Å². The molecule has 0 saturated heterocycles. The lowest BCUT2D eigenvalue weighted by molar-refractivity contribution is -0.142. The summed E-state index contributed by atoms with van der Waals surface area (Å²) >= 11 is 1.20. The molecule has 3 aromatic rings. The fraction of sp³-hybridized carbons (Fsp3) is 0.318. The Hall–Kier alpha value is -2.60. The zero-order chi connectivity index (χ0) is 20.1. The summed E-state index contributed by atoms with van der Waals surface area (Å²) in [5.41, 5.74) is 2.99. The van der Waals surface area contributed by atoms with Crippen molar-refractivity contribution in [2.45, 2.75) is 43.6 Å². The molecule has 1 atom stereocenters. The van der Waals surface area contributed by atoms with E-state index in [4.69, 9.17) is 9.15 Å². The highest BCUT2D eigenvalue weighted by Crippen LogP contribution is 2.36. The number of benzene rings is 2.